The van der Waals surface area contributed by atoms with Gasteiger partial charge in [-0.2, -0.15) is 0 Å². The third-order valence-corrected chi connectivity index (χ3v) is 6.80. The molecule has 0 saturated heterocycles. The van der Waals surface area contributed by atoms with Gasteiger partial charge in [0.2, 0.25) is 0 Å². The molecule has 3 heteroatoms. The second-order valence-electron chi connectivity index (χ2n) is 9.00. The van der Waals surface area contributed by atoms with E-state index >= 15 is 0 Å². The minimum atomic E-state index is 0.750. The van der Waals surface area contributed by atoms with Crippen LogP contribution in [0.2, 0.25) is 5.02 Å². The molecule has 0 bridgehead atoms. The third kappa shape index (κ3) is 4.26. The Morgan fingerprint density at radius 3 is 2.37 bits per heavy atom. The first kappa shape index (κ1) is 21.8. The number of para-hydroxylation sites is 1. The lowest BCUT2D eigenvalue weighted by Gasteiger charge is -2.09. The summed E-state index contributed by atoms with van der Waals surface area (Å²) in [5.74, 6) is 0.899. The highest BCUT2D eigenvalue weighted by atomic mass is 35.5. The Labute approximate surface area is 209 Å². The number of furan rings is 2. The highest BCUT2D eigenvalue weighted by Gasteiger charge is 2.14. The number of fused-ring (bicyclic) bond motifs is 4. The monoisotopic (exact) mass is 476 g/mol. The maximum absolute atomic E-state index is 6.37. The Bertz CT molecular complexity index is 1680. The number of rotatable bonds is 6. The summed E-state index contributed by atoms with van der Waals surface area (Å²) in [5, 5.41) is 4.09. The number of hydrogen-bond acceptors (Lipinski definition) is 2. The van der Waals surface area contributed by atoms with Crippen LogP contribution in [0.25, 0.3) is 56.4 Å². The molecule has 6 rings (SSSR count). The first-order chi connectivity index (χ1) is 17.2. The van der Waals surface area contributed by atoms with Crippen molar-refractivity contribution in [2.75, 3.05) is 0 Å². The lowest BCUT2D eigenvalue weighted by atomic mass is 9.97. The molecule has 0 spiro atoms. The largest absolute Gasteiger partial charge is 0.456 e. The zero-order valence-corrected chi connectivity index (χ0v) is 20.3. The van der Waals surface area contributed by atoms with Gasteiger partial charge in [0.25, 0.3) is 0 Å². The standard InChI is InChI=1S/C32H25ClO2/c1-2-3-6-23-17-22(10-9-21-11-14-25(33)15-12-21)13-16-26(23)31-19-24-18-28-27-7-4-5-8-29(27)34-32(28)20-30(24)35-31/h4-5,7-20H,2-3,6H2,1H3. The smallest absolute Gasteiger partial charge is 0.139 e. The van der Waals surface area contributed by atoms with Crippen molar-refractivity contribution < 1.29 is 8.83 Å². The van der Waals surface area contributed by atoms with E-state index in [4.69, 9.17) is 20.4 Å². The molecule has 172 valence electrons. The molecular weight excluding hydrogens is 452 g/mol. The van der Waals surface area contributed by atoms with Gasteiger partial charge in [-0.05, 0) is 59.9 Å². The molecule has 0 atom stereocenters. The molecule has 0 saturated carbocycles. The SMILES string of the molecule is CCCCc1cc(C=Cc2ccc(Cl)cc2)ccc1-c1cc2cc3c(cc2o1)oc1ccccc13. The van der Waals surface area contributed by atoms with Crippen LogP contribution in [0.4, 0.5) is 0 Å². The van der Waals surface area contributed by atoms with Crippen molar-refractivity contribution in [3.63, 3.8) is 0 Å². The quantitative estimate of drug-likeness (QED) is 0.223. The van der Waals surface area contributed by atoms with Gasteiger partial charge < -0.3 is 8.83 Å². The molecule has 2 aromatic heterocycles. The molecule has 0 amide bonds. The molecule has 0 aliphatic heterocycles. The van der Waals surface area contributed by atoms with E-state index in [1.54, 1.807) is 0 Å². The van der Waals surface area contributed by atoms with Gasteiger partial charge in [0.05, 0.1) is 0 Å². The van der Waals surface area contributed by atoms with E-state index in [2.05, 4.69) is 55.5 Å². The molecule has 0 aliphatic carbocycles. The first-order valence-electron chi connectivity index (χ1n) is 12.1. The Morgan fingerprint density at radius 2 is 1.51 bits per heavy atom. The van der Waals surface area contributed by atoms with Crippen molar-refractivity contribution in [1.82, 2.24) is 0 Å². The van der Waals surface area contributed by atoms with Crippen LogP contribution in [-0.2, 0) is 6.42 Å². The Balaban J connectivity index is 1.39. The number of aryl methyl sites for hydroxylation is 1. The van der Waals surface area contributed by atoms with Crippen molar-refractivity contribution in [1.29, 1.82) is 0 Å². The second-order valence-corrected chi connectivity index (χ2v) is 9.44. The van der Waals surface area contributed by atoms with E-state index in [9.17, 15) is 0 Å². The van der Waals surface area contributed by atoms with E-state index < -0.39 is 0 Å². The molecule has 0 unspecified atom stereocenters. The van der Waals surface area contributed by atoms with E-state index in [-0.39, 0.29) is 0 Å². The summed E-state index contributed by atoms with van der Waals surface area (Å²) in [6, 6.07) is 29.0. The number of benzene rings is 4. The highest BCUT2D eigenvalue weighted by Crippen LogP contribution is 2.37. The third-order valence-electron chi connectivity index (χ3n) is 6.55. The van der Waals surface area contributed by atoms with E-state index in [1.165, 1.54) is 11.1 Å². The summed E-state index contributed by atoms with van der Waals surface area (Å²) >= 11 is 6.01. The van der Waals surface area contributed by atoms with Crippen molar-refractivity contribution in [2.45, 2.75) is 26.2 Å². The molecule has 6 aromatic rings. The Morgan fingerprint density at radius 1 is 0.714 bits per heavy atom. The zero-order valence-electron chi connectivity index (χ0n) is 19.6. The van der Waals surface area contributed by atoms with Crippen LogP contribution < -0.4 is 0 Å². The normalized spacial score (nSPS) is 11.9. The lowest BCUT2D eigenvalue weighted by molar-refractivity contribution is 0.627. The topological polar surface area (TPSA) is 26.3 Å². The second kappa shape index (κ2) is 9.13. The summed E-state index contributed by atoms with van der Waals surface area (Å²) in [6.45, 7) is 2.23. The van der Waals surface area contributed by atoms with Crippen LogP contribution in [0.3, 0.4) is 0 Å². The van der Waals surface area contributed by atoms with Crippen LogP contribution in [0.1, 0.15) is 36.5 Å². The van der Waals surface area contributed by atoms with Gasteiger partial charge >= 0.3 is 0 Å². The van der Waals surface area contributed by atoms with Gasteiger partial charge in [0, 0.05) is 32.8 Å². The minimum Gasteiger partial charge on any atom is -0.456 e. The maximum Gasteiger partial charge on any atom is 0.139 e. The van der Waals surface area contributed by atoms with Crippen LogP contribution in [-0.4, -0.2) is 0 Å². The fourth-order valence-corrected chi connectivity index (χ4v) is 4.82. The van der Waals surface area contributed by atoms with Crippen molar-refractivity contribution in [3.05, 3.63) is 107 Å². The van der Waals surface area contributed by atoms with Crippen LogP contribution in [0.15, 0.2) is 93.8 Å². The molecule has 0 fully saturated rings. The van der Waals surface area contributed by atoms with E-state index in [1.807, 2.05) is 48.5 Å². The summed E-state index contributed by atoms with van der Waals surface area (Å²) < 4.78 is 12.4. The molecule has 0 radical (unpaired) electrons. The fraction of sp³-hybridized carbons (Fsp3) is 0.125. The van der Waals surface area contributed by atoms with Gasteiger partial charge in [0.15, 0.2) is 0 Å². The van der Waals surface area contributed by atoms with E-state index in [0.717, 1.165) is 74.1 Å². The van der Waals surface area contributed by atoms with E-state index in [0.29, 0.717) is 0 Å². The average Bonchev–Trinajstić information content (AvgIpc) is 3.46. The fourth-order valence-electron chi connectivity index (χ4n) is 4.69. The molecule has 0 N–H and O–H groups in total. The number of halogens is 1. The molecule has 4 aromatic carbocycles. The van der Waals surface area contributed by atoms with Crippen molar-refractivity contribution >= 4 is 56.7 Å². The summed E-state index contributed by atoms with van der Waals surface area (Å²) in [7, 11) is 0. The van der Waals surface area contributed by atoms with Crippen LogP contribution in [0.5, 0.6) is 0 Å². The average molecular weight is 477 g/mol. The molecule has 35 heavy (non-hydrogen) atoms. The molecule has 2 heterocycles. The highest BCUT2D eigenvalue weighted by molar-refractivity contribution is 6.30. The summed E-state index contributed by atoms with van der Waals surface area (Å²) in [4.78, 5) is 0. The van der Waals surface area contributed by atoms with Crippen molar-refractivity contribution in [2.24, 2.45) is 0 Å². The lowest BCUT2D eigenvalue weighted by Crippen LogP contribution is -1.91. The van der Waals surface area contributed by atoms with Gasteiger partial charge in [-0.1, -0.05) is 85.6 Å². The Kier molecular flexibility index (Phi) is 5.67. The van der Waals surface area contributed by atoms with Crippen LogP contribution in [0, 0.1) is 0 Å². The van der Waals surface area contributed by atoms with Crippen LogP contribution >= 0.6 is 11.6 Å². The van der Waals surface area contributed by atoms with Gasteiger partial charge in [-0.25, -0.2) is 0 Å². The molecule has 2 nitrogen and oxygen atoms in total. The molecule has 0 aliphatic rings. The van der Waals surface area contributed by atoms with Gasteiger partial charge in [-0.15, -0.1) is 0 Å². The van der Waals surface area contributed by atoms with Crippen molar-refractivity contribution in [3.8, 4) is 11.3 Å². The molecular formula is C32H25ClO2. The first-order valence-corrected chi connectivity index (χ1v) is 12.5. The minimum absolute atomic E-state index is 0.750. The van der Waals surface area contributed by atoms with Gasteiger partial charge in [-0.3, -0.25) is 0 Å². The number of hydrogen-bond donors (Lipinski definition) is 0. The Hall–Kier alpha value is -3.75. The maximum atomic E-state index is 6.37. The predicted octanol–water partition coefficient (Wildman–Crippen LogP) is 10.2. The number of unbranched alkanes of at least 4 members (excludes halogenated alkanes) is 1. The van der Waals surface area contributed by atoms with Gasteiger partial charge in [0.1, 0.15) is 22.5 Å². The summed E-state index contributed by atoms with van der Waals surface area (Å²) in [5.41, 5.74) is 7.36. The summed E-state index contributed by atoms with van der Waals surface area (Å²) in [6.07, 6.45) is 7.57. The predicted molar refractivity (Wildman–Crippen MR) is 148 cm³/mol. The zero-order chi connectivity index (χ0) is 23.8.